The van der Waals surface area contributed by atoms with E-state index in [9.17, 15) is 29.4 Å². The minimum atomic E-state index is -2.22. The fourth-order valence-corrected chi connectivity index (χ4v) is 7.22. The number of carboxylic acids is 2. The van der Waals surface area contributed by atoms with Crippen molar-refractivity contribution in [1.29, 1.82) is 0 Å². The lowest BCUT2D eigenvalue weighted by Crippen LogP contribution is -2.45. The van der Waals surface area contributed by atoms with Crippen molar-refractivity contribution in [3.8, 4) is 17.2 Å². The normalized spacial score (nSPS) is 16.7. The summed E-state index contributed by atoms with van der Waals surface area (Å²) in [7, 11) is 1.69. The lowest BCUT2D eigenvalue weighted by molar-refractivity contribution is -0.166. The average Bonchev–Trinajstić information content (AvgIpc) is 3.79. The van der Waals surface area contributed by atoms with Crippen LogP contribution in [-0.2, 0) is 19.1 Å². The van der Waals surface area contributed by atoms with Crippen molar-refractivity contribution < 1.29 is 53.1 Å². The van der Waals surface area contributed by atoms with Gasteiger partial charge in [-0.05, 0) is 93.4 Å². The molecule has 2 aliphatic rings. The van der Waals surface area contributed by atoms with Gasteiger partial charge in [-0.1, -0.05) is 83.9 Å². The van der Waals surface area contributed by atoms with Gasteiger partial charge in [-0.2, -0.15) is 0 Å². The molecule has 2 heterocycles. The number of aryl methyl sites for hydroxylation is 2. The highest BCUT2D eigenvalue weighted by Crippen LogP contribution is 2.47. The summed E-state index contributed by atoms with van der Waals surface area (Å²) in [6.07, 6.45) is -1.81. The van der Waals surface area contributed by atoms with Gasteiger partial charge >= 0.3 is 23.9 Å². The van der Waals surface area contributed by atoms with E-state index in [1.165, 1.54) is 66.9 Å². The molecule has 12 heteroatoms. The molecule has 2 unspecified atom stereocenters. The fraction of sp³-hybridized carbons (Fsp3) is 0.292. The molecule has 0 amide bonds. The topological polar surface area (TPSA) is 158 Å². The summed E-state index contributed by atoms with van der Waals surface area (Å²) in [6.45, 7) is 8.39. The summed E-state index contributed by atoms with van der Waals surface area (Å²) in [4.78, 5) is 49.8. The van der Waals surface area contributed by atoms with Gasteiger partial charge < -0.3 is 33.9 Å². The van der Waals surface area contributed by atoms with Gasteiger partial charge in [-0.15, -0.1) is 0 Å². The Morgan fingerprint density at radius 3 is 1.73 bits per heavy atom. The van der Waals surface area contributed by atoms with E-state index >= 15 is 0 Å². The molecule has 1 saturated heterocycles. The number of nitrogens with zero attached hydrogens (tertiary/aromatic N) is 1. The molecule has 60 heavy (non-hydrogen) atoms. The first-order chi connectivity index (χ1) is 29.0. The number of likely N-dealkylation sites (tertiary alicyclic amines) is 1. The molecule has 12 nitrogen and oxygen atoms in total. The minimum Gasteiger partial charge on any atom is -0.497 e. The predicted molar refractivity (Wildman–Crippen MR) is 223 cm³/mol. The van der Waals surface area contributed by atoms with E-state index in [4.69, 9.17) is 23.7 Å². The van der Waals surface area contributed by atoms with Crippen LogP contribution in [0.5, 0.6) is 17.2 Å². The summed E-state index contributed by atoms with van der Waals surface area (Å²) in [5.41, 5.74) is 5.57. The number of rotatable bonds is 14. The van der Waals surface area contributed by atoms with Crippen LogP contribution in [0.4, 0.5) is 0 Å². The second kappa shape index (κ2) is 20.3. The van der Waals surface area contributed by atoms with Gasteiger partial charge in [-0.3, -0.25) is 4.90 Å². The van der Waals surface area contributed by atoms with Crippen LogP contribution in [-0.4, -0.2) is 91.2 Å². The second-order valence-electron chi connectivity index (χ2n) is 14.7. The smallest absolute Gasteiger partial charge is 0.349 e. The van der Waals surface area contributed by atoms with Gasteiger partial charge in [-0.25, -0.2) is 19.2 Å². The number of aliphatic carboxylic acids is 2. The molecule has 2 aliphatic heterocycles. The molecule has 5 aromatic rings. The largest absolute Gasteiger partial charge is 0.497 e. The van der Waals surface area contributed by atoms with Crippen molar-refractivity contribution in [2.75, 3.05) is 40.0 Å². The van der Waals surface area contributed by atoms with Gasteiger partial charge in [0.15, 0.2) is 0 Å². The summed E-state index contributed by atoms with van der Waals surface area (Å²) < 4.78 is 27.3. The fourth-order valence-electron chi connectivity index (χ4n) is 7.22. The van der Waals surface area contributed by atoms with Crippen LogP contribution in [0.15, 0.2) is 121 Å². The zero-order chi connectivity index (χ0) is 42.6. The number of fused-ring (bicyclic) bond motifs is 1. The Balaban J connectivity index is 0.000000204. The second-order valence-corrected chi connectivity index (χ2v) is 14.7. The van der Waals surface area contributed by atoms with Gasteiger partial charge in [0, 0.05) is 30.0 Å². The van der Waals surface area contributed by atoms with Crippen molar-refractivity contribution in [3.05, 3.63) is 160 Å². The number of hydrogen-bond donors (Lipinski definition) is 2. The molecular formula is C48H49NO11. The highest BCUT2D eigenvalue weighted by Gasteiger charge is 2.41. The maximum absolute atomic E-state index is 12.2. The van der Waals surface area contributed by atoms with E-state index in [-0.39, 0.29) is 23.0 Å². The zero-order valence-corrected chi connectivity index (χ0v) is 33.8. The molecule has 5 aromatic carbocycles. The van der Waals surface area contributed by atoms with E-state index in [0.717, 1.165) is 41.5 Å². The van der Waals surface area contributed by atoms with Crippen LogP contribution in [0.1, 0.15) is 73.2 Å². The summed E-state index contributed by atoms with van der Waals surface area (Å²) in [6, 6.07) is 37.6. The highest BCUT2D eigenvalue weighted by atomic mass is 16.6. The van der Waals surface area contributed by atoms with E-state index in [0.29, 0.717) is 6.61 Å². The van der Waals surface area contributed by atoms with Crippen molar-refractivity contribution >= 4 is 23.9 Å². The summed E-state index contributed by atoms with van der Waals surface area (Å²) in [5, 5.41) is 18.6. The van der Waals surface area contributed by atoms with Crippen LogP contribution in [0.2, 0.25) is 0 Å². The summed E-state index contributed by atoms with van der Waals surface area (Å²) >= 11 is 0. The van der Waals surface area contributed by atoms with Gasteiger partial charge in [0.1, 0.15) is 23.9 Å². The van der Waals surface area contributed by atoms with Crippen LogP contribution in [0.3, 0.4) is 0 Å². The number of hydrogen-bond acceptors (Lipinski definition) is 10. The van der Waals surface area contributed by atoms with E-state index in [1.807, 2.05) is 12.1 Å². The highest BCUT2D eigenvalue weighted by molar-refractivity contribution is 5.95. The molecule has 1 fully saturated rings. The minimum absolute atomic E-state index is 0.0332. The maximum atomic E-state index is 12.2. The first kappa shape index (κ1) is 42.9. The lowest BCUT2D eigenvalue weighted by Gasteiger charge is -2.34. The third-order valence-electron chi connectivity index (χ3n) is 10.5. The first-order valence-electron chi connectivity index (χ1n) is 19.8. The van der Waals surface area contributed by atoms with E-state index in [1.54, 1.807) is 45.2 Å². The maximum Gasteiger partial charge on any atom is 0.349 e. The Kier molecular flexibility index (Phi) is 14.6. The van der Waals surface area contributed by atoms with Gasteiger partial charge in [0.25, 0.3) is 0 Å². The van der Waals surface area contributed by atoms with Gasteiger partial charge in [0.2, 0.25) is 12.2 Å². The van der Waals surface area contributed by atoms with E-state index < -0.39 is 36.1 Å². The third-order valence-corrected chi connectivity index (χ3v) is 10.5. The Morgan fingerprint density at radius 2 is 1.22 bits per heavy atom. The number of carbonyl (C=O) groups is 4. The zero-order valence-electron chi connectivity index (χ0n) is 33.8. The SMILES string of the molecule is COc1ccc2c(c1)OC[C@H](c1ccccc1)[C@@H]2c1ccc(OCCN2CCCC2)cc1.Cc1ccc(C(=O)OC(C(=O)O)C(OC(=O)c2ccc(C)cc2)C(=O)O)cc1. The number of benzene rings is 5. The lowest BCUT2D eigenvalue weighted by atomic mass is 9.76. The molecule has 312 valence electrons. The molecule has 0 saturated carbocycles. The van der Waals surface area contributed by atoms with Crippen molar-refractivity contribution in [1.82, 2.24) is 4.90 Å². The van der Waals surface area contributed by atoms with Crippen molar-refractivity contribution in [3.63, 3.8) is 0 Å². The quantitative estimate of drug-likeness (QED) is 0.105. The van der Waals surface area contributed by atoms with Crippen LogP contribution in [0, 0.1) is 13.8 Å². The molecular weight excluding hydrogens is 767 g/mol. The Hall–Kier alpha value is -6.66. The first-order valence-corrected chi connectivity index (χ1v) is 19.8. The summed E-state index contributed by atoms with van der Waals surface area (Å²) in [5.74, 6) is -2.49. The molecule has 0 bridgehead atoms. The van der Waals surface area contributed by atoms with Gasteiger partial charge in [0.05, 0.1) is 24.8 Å². The van der Waals surface area contributed by atoms with Crippen molar-refractivity contribution in [2.45, 2.75) is 50.7 Å². The molecule has 0 spiro atoms. The molecule has 0 aromatic heterocycles. The number of carboxylic acid groups (broad SMARTS) is 2. The van der Waals surface area contributed by atoms with Crippen LogP contribution < -0.4 is 14.2 Å². The standard InChI is InChI=1S/C28H31NO3.C20H18O8/c1-30-24-13-14-25-27(19-24)32-20-26(21-7-3-2-4-8-21)28(25)22-9-11-23(12-10-22)31-18-17-29-15-5-6-16-29;1-11-3-7-13(8-4-11)19(25)27-15(17(21)22)16(18(23)24)28-20(26)14-9-5-12(2)6-10-14/h2-4,7-14,19,26,28H,5-6,15-18,20H2,1H3;3-10,15-16H,1-2H3,(H,21,22)(H,23,24)/t26-,28-;/m1./s1. The molecule has 0 aliphatic carbocycles. The van der Waals surface area contributed by atoms with Crippen LogP contribution in [0.25, 0.3) is 0 Å². The van der Waals surface area contributed by atoms with E-state index in [2.05, 4.69) is 65.6 Å². The van der Waals surface area contributed by atoms with Crippen LogP contribution >= 0.6 is 0 Å². The molecule has 7 rings (SSSR count). The number of ether oxygens (including phenoxy) is 5. The Bertz CT molecular complexity index is 2140. The molecule has 0 radical (unpaired) electrons. The Labute approximate surface area is 349 Å². The number of methoxy groups -OCH3 is 1. The number of esters is 2. The van der Waals surface area contributed by atoms with Crippen molar-refractivity contribution in [2.24, 2.45) is 0 Å². The molecule has 2 N–H and O–H groups in total. The number of carbonyl (C=O) groups excluding carboxylic acids is 2. The monoisotopic (exact) mass is 815 g/mol. The predicted octanol–water partition coefficient (Wildman–Crippen LogP) is 7.70. The third kappa shape index (κ3) is 11.1. The Morgan fingerprint density at radius 1 is 0.683 bits per heavy atom. The average molecular weight is 816 g/mol. The molecule has 4 atom stereocenters.